The van der Waals surface area contributed by atoms with Crippen LogP contribution in [-0.4, -0.2) is 5.11 Å². The molecule has 0 aromatic heterocycles. The molecule has 0 saturated heterocycles. The quantitative estimate of drug-likeness (QED) is 0.489. The van der Waals surface area contributed by atoms with Crippen molar-refractivity contribution >= 4 is 0 Å². The van der Waals surface area contributed by atoms with Gasteiger partial charge >= 0.3 is 0 Å². The summed E-state index contributed by atoms with van der Waals surface area (Å²) >= 11 is 0. The van der Waals surface area contributed by atoms with Crippen molar-refractivity contribution in [1.82, 2.24) is 5.43 Å². The maximum Gasteiger partial charge on any atom is 0.120 e. The third-order valence-electron chi connectivity index (χ3n) is 2.17. The van der Waals surface area contributed by atoms with Gasteiger partial charge < -0.3 is 5.11 Å². The summed E-state index contributed by atoms with van der Waals surface area (Å²) < 4.78 is 0. The normalized spacial score (nSPS) is 12.8. The van der Waals surface area contributed by atoms with Crippen molar-refractivity contribution in [2.24, 2.45) is 5.84 Å². The van der Waals surface area contributed by atoms with Crippen molar-refractivity contribution in [1.29, 1.82) is 0 Å². The van der Waals surface area contributed by atoms with Crippen molar-refractivity contribution in [2.45, 2.75) is 26.3 Å². The standard InChI is InChI=1S/C10H16N2O/c1-3-9(12-11)8-6-7(2)4-5-10(8)13/h4-6,9,12-13H,3,11H2,1-2H3/t9-/m1/s1. The highest BCUT2D eigenvalue weighted by Gasteiger charge is 2.11. The lowest BCUT2D eigenvalue weighted by atomic mass is 10.0. The fourth-order valence-electron chi connectivity index (χ4n) is 1.38. The average molecular weight is 180 g/mol. The SMILES string of the molecule is CC[C@@H](NN)c1cc(C)ccc1O. The first-order valence-corrected chi connectivity index (χ1v) is 4.44. The number of hydrazine groups is 1. The van der Waals surface area contributed by atoms with Gasteiger partial charge in [-0.2, -0.15) is 0 Å². The predicted octanol–water partition coefficient (Wildman–Crippen LogP) is 1.62. The highest BCUT2D eigenvalue weighted by atomic mass is 16.3. The van der Waals surface area contributed by atoms with E-state index in [4.69, 9.17) is 5.84 Å². The first kappa shape index (κ1) is 10.0. The zero-order valence-corrected chi connectivity index (χ0v) is 8.04. The third-order valence-corrected chi connectivity index (χ3v) is 2.17. The molecule has 72 valence electrons. The minimum Gasteiger partial charge on any atom is -0.508 e. The van der Waals surface area contributed by atoms with Gasteiger partial charge in [-0.05, 0) is 19.4 Å². The van der Waals surface area contributed by atoms with Crippen LogP contribution >= 0.6 is 0 Å². The summed E-state index contributed by atoms with van der Waals surface area (Å²) in [5.74, 6) is 5.67. The Morgan fingerprint density at radius 3 is 2.77 bits per heavy atom. The summed E-state index contributed by atoms with van der Waals surface area (Å²) in [6.07, 6.45) is 0.855. The molecule has 0 radical (unpaired) electrons. The van der Waals surface area contributed by atoms with Crippen LogP contribution in [-0.2, 0) is 0 Å². The number of phenols is 1. The molecule has 0 aliphatic heterocycles. The van der Waals surface area contributed by atoms with Crippen LogP contribution in [0.4, 0.5) is 0 Å². The van der Waals surface area contributed by atoms with Gasteiger partial charge in [0, 0.05) is 11.6 Å². The Balaban J connectivity index is 3.03. The largest absolute Gasteiger partial charge is 0.508 e. The number of aromatic hydroxyl groups is 1. The van der Waals surface area contributed by atoms with E-state index in [9.17, 15) is 5.11 Å². The van der Waals surface area contributed by atoms with E-state index in [-0.39, 0.29) is 6.04 Å². The van der Waals surface area contributed by atoms with Gasteiger partial charge in [-0.1, -0.05) is 24.6 Å². The van der Waals surface area contributed by atoms with Gasteiger partial charge in [0.05, 0.1) is 0 Å². The molecule has 1 rings (SSSR count). The van der Waals surface area contributed by atoms with E-state index < -0.39 is 0 Å². The van der Waals surface area contributed by atoms with Crippen molar-refractivity contribution in [3.63, 3.8) is 0 Å². The smallest absolute Gasteiger partial charge is 0.120 e. The first-order chi connectivity index (χ1) is 6.19. The minimum atomic E-state index is 0.0277. The molecule has 13 heavy (non-hydrogen) atoms. The Labute approximate surface area is 78.5 Å². The van der Waals surface area contributed by atoms with Gasteiger partial charge in [-0.3, -0.25) is 11.3 Å². The molecule has 0 aliphatic carbocycles. The molecule has 0 aliphatic rings. The van der Waals surface area contributed by atoms with E-state index >= 15 is 0 Å². The number of nitrogens with one attached hydrogen (secondary N) is 1. The number of hydrogen-bond donors (Lipinski definition) is 3. The van der Waals surface area contributed by atoms with Crippen molar-refractivity contribution in [2.75, 3.05) is 0 Å². The van der Waals surface area contributed by atoms with Crippen molar-refractivity contribution < 1.29 is 5.11 Å². The molecule has 3 nitrogen and oxygen atoms in total. The first-order valence-electron chi connectivity index (χ1n) is 4.44. The zero-order chi connectivity index (χ0) is 9.84. The van der Waals surface area contributed by atoms with Crippen LogP contribution in [0.1, 0.15) is 30.5 Å². The highest BCUT2D eigenvalue weighted by Crippen LogP contribution is 2.26. The molecule has 0 amide bonds. The molecule has 3 heteroatoms. The molecule has 4 N–H and O–H groups in total. The highest BCUT2D eigenvalue weighted by molar-refractivity contribution is 5.37. The monoisotopic (exact) mass is 180 g/mol. The summed E-state index contributed by atoms with van der Waals surface area (Å²) in [6.45, 7) is 4.01. The molecular weight excluding hydrogens is 164 g/mol. The average Bonchev–Trinajstić information content (AvgIpc) is 2.13. The number of benzene rings is 1. The summed E-state index contributed by atoms with van der Waals surface area (Å²) in [7, 11) is 0. The molecule has 1 atom stereocenters. The molecule has 1 aromatic rings. The summed E-state index contributed by atoms with van der Waals surface area (Å²) in [5.41, 5.74) is 4.67. The molecule has 0 heterocycles. The maximum atomic E-state index is 9.57. The fourth-order valence-corrected chi connectivity index (χ4v) is 1.38. The number of rotatable bonds is 3. The zero-order valence-electron chi connectivity index (χ0n) is 8.04. The number of aryl methyl sites for hydroxylation is 1. The summed E-state index contributed by atoms with van der Waals surface area (Å²) in [5, 5.41) is 9.57. The Bertz CT molecular complexity index is 282. The molecule has 0 saturated carbocycles. The Morgan fingerprint density at radius 2 is 2.23 bits per heavy atom. The second-order valence-electron chi connectivity index (χ2n) is 3.19. The lowest BCUT2D eigenvalue weighted by Gasteiger charge is -2.15. The van der Waals surface area contributed by atoms with E-state index in [0.717, 1.165) is 17.5 Å². The predicted molar refractivity (Wildman–Crippen MR) is 53.2 cm³/mol. The Morgan fingerprint density at radius 1 is 1.54 bits per heavy atom. The van der Waals surface area contributed by atoms with Crippen LogP contribution in [0.5, 0.6) is 5.75 Å². The summed E-state index contributed by atoms with van der Waals surface area (Å²) in [4.78, 5) is 0. The van der Waals surface area contributed by atoms with Crippen LogP contribution < -0.4 is 11.3 Å². The van der Waals surface area contributed by atoms with Gasteiger partial charge in [0.1, 0.15) is 5.75 Å². The molecule has 0 bridgehead atoms. The van der Waals surface area contributed by atoms with E-state index in [2.05, 4.69) is 5.43 Å². The van der Waals surface area contributed by atoms with Crippen molar-refractivity contribution in [3.8, 4) is 5.75 Å². The van der Waals surface area contributed by atoms with Gasteiger partial charge in [0.2, 0.25) is 0 Å². The van der Waals surface area contributed by atoms with Crippen molar-refractivity contribution in [3.05, 3.63) is 29.3 Å². The Hall–Kier alpha value is -1.06. The minimum absolute atomic E-state index is 0.0277. The van der Waals surface area contributed by atoms with Gasteiger partial charge in [-0.15, -0.1) is 0 Å². The number of nitrogens with two attached hydrogens (primary N) is 1. The van der Waals surface area contributed by atoms with Crippen LogP contribution in [0.25, 0.3) is 0 Å². The van der Waals surface area contributed by atoms with Crippen LogP contribution in [0.2, 0.25) is 0 Å². The third kappa shape index (κ3) is 2.20. The summed E-state index contributed by atoms with van der Waals surface area (Å²) in [6, 6.07) is 5.55. The second kappa shape index (κ2) is 4.25. The second-order valence-corrected chi connectivity index (χ2v) is 3.19. The lowest BCUT2D eigenvalue weighted by Crippen LogP contribution is -2.27. The number of hydrogen-bond acceptors (Lipinski definition) is 3. The molecule has 0 unspecified atom stereocenters. The van der Waals surface area contributed by atoms with Gasteiger partial charge in [-0.25, -0.2) is 0 Å². The number of phenolic OH excluding ortho intramolecular Hbond substituents is 1. The van der Waals surface area contributed by atoms with Crippen LogP contribution in [0.15, 0.2) is 18.2 Å². The van der Waals surface area contributed by atoms with E-state index in [1.807, 2.05) is 26.0 Å². The van der Waals surface area contributed by atoms with Gasteiger partial charge in [0.25, 0.3) is 0 Å². The van der Waals surface area contributed by atoms with Crippen LogP contribution in [0.3, 0.4) is 0 Å². The molecular formula is C10H16N2O. The van der Waals surface area contributed by atoms with E-state index in [1.165, 1.54) is 0 Å². The van der Waals surface area contributed by atoms with Crippen LogP contribution in [0, 0.1) is 6.92 Å². The Kier molecular flexibility index (Phi) is 3.28. The van der Waals surface area contributed by atoms with Gasteiger partial charge in [0.15, 0.2) is 0 Å². The fraction of sp³-hybridized carbons (Fsp3) is 0.400. The topological polar surface area (TPSA) is 58.3 Å². The molecule has 0 spiro atoms. The van der Waals surface area contributed by atoms with E-state index in [1.54, 1.807) is 6.07 Å². The maximum absolute atomic E-state index is 9.57. The lowest BCUT2D eigenvalue weighted by molar-refractivity contribution is 0.444. The molecule has 1 aromatic carbocycles. The van der Waals surface area contributed by atoms with E-state index in [0.29, 0.717) is 5.75 Å². The molecule has 0 fully saturated rings.